The lowest BCUT2D eigenvalue weighted by molar-refractivity contribution is -0.148. The highest BCUT2D eigenvalue weighted by Gasteiger charge is 2.44. The fraction of sp³-hybridized carbons (Fsp3) is 0.429. The van der Waals surface area contributed by atoms with E-state index in [1.807, 2.05) is 61.5 Å². The number of unbranched alkanes of at least 4 members (excludes halogenated alkanes) is 1. The molecule has 66 heavy (non-hydrogen) atoms. The van der Waals surface area contributed by atoms with Crippen molar-refractivity contribution in [2.45, 2.75) is 121 Å². The number of para-hydroxylation sites is 1. The first-order valence-corrected chi connectivity index (χ1v) is 22.8. The van der Waals surface area contributed by atoms with Crippen molar-refractivity contribution in [1.82, 2.24) is 41.4 Å². The molecule has 3 heterocycles. The molecule has 2 aliphatic heterocycles. The Bertz CT molecular complexity index is 2370. The Morgan fingerprint density at radius 3 is 2.02 bits per heavy atom. The van der Waals surface area contributed by atoms with Crippen LogP contribution in [0.2, 0.25) is 0 Å². The van der Waals surface area contributed by atoms with Crippen LogP contribution in [0.3, 0.4) is 0 Å². The number of hydrogen-bond acceptors (Lipinski definition) is 9. The van der Waals surface area contributed by atoms with Crippen molar-refractivity contribution in [3.63, 3.8) is 0 Å². The molecule has 0 spiro atoms. The van der Waals surface area contributed by atoms with E-state index in [4.69, 9.17) is 5.73 Å². The number of carbonyl (C=O) groups is 8. The molecule has 0 unspecified atom stereocenters. The number of nitrogens with zero attached hydrogens (tertiary/aromatic N) is 2. The third-order valence-corrected chi connectivity index (χ3v) is 12.2. The Balaban J connectivity index is 1.20. The molecule has 17 nitrogen and oxygen atoms in total. The van der Waals surface area contributed by atoms with Crippen molar-refractivity contribution in [2.75, 3.05) is 13.1 Å². The van der Waals surface area contributed by atoms with E-state index in [0.29, 0.717) is 37.7 Å². The Kier molecular flexibility index (Phi) is 16.8. The topological polar surface area (TPSA) is 245 Å². The average Bonchev–Trinajstić information content (AvgIpc) is 4.11. The lowest BCUT2D eigenvalue weighted by atomic mass is 10.0. The van der Waals surface area contributed by atoms with Crippen molar-refractivity contribution in [2.24, 2.45) is 5.73 Å². The maximum absolute atomic E-state index is 14.8. The zero-order chi connectivity index (χ0) is 47.3. The quantitative estimate of drug-likeness (QED) is 0.0730. The van der Waals surface area contributed by atoms with Gasteiger partial charge in [-0.1, -0.05) is 86.5 Å². The van der Waals surface area contributed by atoms with Crippen molar-refractivity contribution < 1.29 is 38.4 Å². The van der Waals surface area contributed by atoms with Gasteiger partial charge in [0.2, 0.25) is 41.4 Å². The molecule has 2 aliphatic rings. The molecule has 0 saturated carbocycles. The molecular formula is C49H61N9O8. The maximum Gasteiger partial charge on any atom is 0.257 e. The zero-order valence-electron chi connectivity index (χ0n) is 37.7. The summed E-state index contributed by atoms with van der Waals surface area (Å²) in [6, 6.07) is 17.8. The molecule has 2 fully saturated rings. The maximum atomic E-state index is 14.8. The monoisotopic (exact) mass is 903 g/mol. The number of nitrogens with one attached hydrogen (secondary N) is 6. The van der Waals surface area contributed by atoms with Gasteiger partial charge in [0.1, 0.15) is 36.3 Å². The molecular weight excluding hydrogens is 843 g/mol. The molecule has 8 N–H and O–H groups in total. The highest BCUT2D eigenvalue weighted by Crippen LogP contribution is 2.27. The van der Waals surface area contributed by atoms with Gasteiger partial charge in [-0.25, -0.2) is 0 Å². The Morgan fingerprint density at radius 2 is 1.32 bits per heavy atom. The van der Waals surface area contributed by atoms with Crippen LogP contribution in [0.5, 0.6) is 0 Å². The molecule has 7 atom stereocenters. The van der Waals surface area contributed by atoms with Crippen LogP contribution >= 0.6 is 0 Å². The molecule has 2 saturated heterocycles. The lowest BCUT2D eigenvalue weighted by Crippen LogP contribution is -2.60. The van der Waals surface area contributed by atoms with Crippen molar-refractivity contribution >= 4 is 58.2 Å². The summed E-state index contributed by atoms with van der Waals surface area (Å²) >= 11 is 0. The number of amides is 8. The number of likely N-dealkylation sites (tertiary alicyclic amines) is 2. The van der Waals surface area contributed by atoms with Gasteiger partial charge >= 0.3 is 0 Å². The smallest absolute Gasteiger partial charge is 0.257 e. The minimum absolute atomic E-state index is 0.0370. The molecule has 17 heteroatoms. The van der Waals surface area contributed by atoms with Crippen molar-refractivity contribution in [3.8, 4) is 0 Å². The third-order valence-electron chi connectivity index (χ3n) is 12.2. The van der Waals surface area contributed by atoms with Crippen LogP contribution in [-0.4, -0.2) is 117 Å². The zero-order valence-corrected chi connectivity index (χ0v) is 37.7. The summed E-state index contributed by atoms with van der Waals surface area (Å²) in [6.07, 6.45) is 5.18. The van der Waals surface area contributed by atoms with Crippen LogP contribution in [0.15, 0.2) is 91.1 Å². The minimum atomic E-state index is -1.20. The number of aromatic nitrogens is 1. The summed E-state index contributed by atoms with van der Waals surface area (Å²) in [5.74, 6) is -4.51. The molecule has 1 aromatic heterocycles. The number of hydrogen-bond donors (Lipinski definition) is 7. The van der Waals surface area contributed by atoms with Gasteiger partial charge in [0, 0.05) is 48.6 Å². The second-order valence-electron chi connectivity index (χ2n) is 17.2. The summed E-state index contributed by atoms with van der Waals surface area (Å²) in [4.78, 5) is 116. The molecule has 4 aromatic rings. The highest BCUT2D eigenvalue weighted by atomic mass is 16.2. The number of fused-ring (bicyclic) bond motifs is 1. The van der Waals surface area contributed by atoms with Crippen LogP contribution in [0.1, 0.15) is 87.2 Å². The first-order valence-electron chi connectivity index (χ1n) is 22.8. The van der Waals surface area contributed by atoms with E-state index in [1.54, 1.807) is 36.5 Å². The largest absolute Gasteiger partial charge is 0.361 e. The number of carbonyl (C=O) groups excluding carboxylic acids is 8. The summed E-state index contributed by atoms with van der Waals surface area (Å²) in [7, 11) is 0. The Hall–Kier alpha value is -6.88. The predicted molar refractivity (Wildman–Crippen MR) is 247 cm³/mol. The van der Waals surface area contributed by atoms with Crippen LogP contribution in [-0.2, 0) is 46.4 Å². The number of benzene rings is 3. The van der Waals surface area contributed by atoms with Crippen molar-refractivity contribution in [3.05, 3.63) is 108 Å². The van der Waals surface area contributed by atoms with E-state index in [1.165, 1.54) is 23.6 Å². The van der Waals surface area contributed by atoms with Gasteiger partial charge in [0.15, 0.2) is 0 Å². The molecule has 8 amide bonds. The predicted octanol–water partition coefficient (Wildman–Crippen LogP) is 2.39. The number of nitrogens with two attached hydrogens (primary N) is 1. The van der Waals surface area contributed by atoms with Gasteiger partial charge in [-0.3, -0.25) is 43.7 Å². The third kappa shape index (κ3) is 12.3. The second-order valence-corrected chi connectivity index (χ2v) is 17.2. The average molecular weight is 904 g/mol. The normalized spacial score (nSPS) is 18.1. The summed E-state index contributed by atoms with van der Waals surface area (Å²) in [5.41, 5.74) is 8.32. The molecule has 3 aromatic carbocycles. The molecule has 6 rings (SSSR count). The van der Waals surface area contributed by atoms with Gasteiger partial charge in [0.05, 0.1) is 6.04 Å². The minimum Gasteiger partial charge on any atom is -0.361 e. The van der Waals surface area contributed by atoms with Gasteiger partial charge in [-0.2, -0.15) is 0 Å². The summed E-state index contributed by atoms with van der Waals surface area (Å²) < 4.78 is 0. The molecule has 0 bridgehead atoms. The van der Waals surface area contributed by atoms with E-state index in [-0.39, 0.29) is 32.4 Å². The Morgan fingerprint density at radius 1 is 0.682 bits per heavy atom. The number of H-pyrrole nitrogens is 1. The number of rotatable bonds is 19. The highest BCUT2D eigenvalue weighted by molar-refractivity contribution is 6.07. The van der Waals surface area contributed by atoms with Gasteiger partial charge in [0.25, 0.3) is 5.91 Å². The van der Waals surface area contributed by atoms with Crippen molar-refractivity contribution in [1.29, 1.82) is 0 Å². The van der Waals surface area contributed by atoms with Gasteiger partial charge in [-0.15, -0.1) is 0 Å². The van der Waals surface area contributed by atoms with E-state index in [2.05, 4.69) is 31.6 Å². The van der Waals surface area contributed by atoms with Crippen LogP contribution in [0.25, 0.3) is 10.9 Å². The van der Waals surface area contributed by atoms with E-state index in [9.17, 15) is 38.4 Å². The van der Waals surface area contributed by atoms with Crippen LogP contribution < -0.4 is 32.3 Å². The van der Waals surface area contributed by atoms with E-state index >= 15 is 0 Å². The summed E-state index contributed by atoms with van der Waals surface area (Å²) in [6.45, 7) is 5.40. The standard InChI is InChI=1S/C49H61N9O8/c1-4-5-21-37(45(62)56-44(61)33-18-10-7-11-19-33)53-47(64)40-23-14-25-57(40)49(66)41-24-15-26-58(41)48(65)39(27-32-16-8-6-9-17-32)55-46(63)38(54-43(60)31(3)52-42(59)30(2)50)28-34-29-51-36-22-13-12-20-35(34)36/h6-13,16-20,22,29-31,37-41,51H,4-5,14-15,21,23-28,50H2,1-3H3,(H,52,59)(H,53,64)(H,54,60)(H,55,63)(H,56,61,62)/t30-,31-,37-,38+,39-,40-,41+/m0/s1. The van der Waals surface area contributed by atoms with E-state index < -0.39 is 89.6 Å². The fourth-order valence-electron chi connectivity index (χ4n) is 8.55. The first-order chi connectivity index (χ1) is 31.7. The number of aromatic amines is 1. The lowest BCUT2D eigenvalue weighted by Gasteiger charge is -2.33. The van der Waals surface area contributed by atoms with E-state index in [0.717, 1.165) is 28.5 Å². The van der Waals surface area contributed by atoms with Crippen LogP contribution in [0.4, 0.5) is 0 Å². The molecule has 0 aliphatic carbocycles. The van der Waals surface area contributed by atoms with Gasteiger partial charge < -0.3 is 41.8 Å². The Labute approximate surface area is 384 Å². The number of imide groups is 1. The summed E-state index contributed by atoms with van der Waals surface area (Å²) in [5, 5.41) is 14.3. The first kappa shape index (κ1) is 48.6. The fourth-order valence-corrected chi connectivity index (χ4v) is 8.55. The second kappa shape index (κ2) is 22.8. The van der Waals surface area contributed by atoms with Crippen LogP contribution in [0, 0.1) is 0 Å². The van der Waals surface area contributed by atoms with Gasteiger partial charge in [-0.05, 0) is 75.3 Å². The molecule has 350 valence electrons. The molecule has 0 radical (unpaired) electrons. The SMILES string of the molecule is CCCC[C@H](NC(=O)[C@@H]1CCCN1C(=O)[C@H]1CCCN1C(=O)[C@H](Cc1ccccc1)NC(=O)[C@@H](Cc1c[nH]c2ccccc12)NC(=O)[C@H](C)NC(=O)[C@H](C)N)C(=O)NC(=O)c1ccccc1.